The molecule has 1 saturated heterocycles. The van der Waals surface area contributed by atoms with E-state index < -0.39 is 22.1 Å². The summed E-state index contributed by atoms with van der Waals surface area (Å²) in [6, 6.07) is 1.34. The van der Waals surface area contributed by atoms with Crippen LogP contribution in [0.5, 0.6) is 0 Å². The standard InChI is InChI=1S/C12H17NO5S2/c1-8(14)9-2-5-13(6-3-9)20(17,18)10-4-7-19-11(10)12(15)16/h4,7-9,14H,2-3,5-6H2,1H3,(H,15,16). The normalized spacial score (nSPS) is 19.9. The average Bonchev–Trinajstić information content (AvgIpc) is 2.89. The first kappa shape index (κ1) is 15.4. The van der Waals surface area contributed by atoms with Gasteiger partial charge in [-0.1, -0.05) is 0 Å². The number of hydrogen-bond donors (Lipinski definition) is 2. The fraction of sp³-hybridized carbons (Fsp3) is 0.583. The van der Waals surface area contributed by atoms with Crippen molar-refractivity contribution in [2.45, 2.75) is 30.8 Å². The first-order valence-corrected chi connectivity index (χ1v) is 8.65. The summed E-state index contributed by atoms with van der Waals surface area (Å²) in [4.78, 5) is 10.8. The summed E-state index contributed by atoms with van der Waals surface area (Å²) >= 11 is 0.909. The van der Waals surface area contributed by atoms with Crippen LogP contribution in [-0.2, 0) is 10.0 Å². The van der Waals surface area contributed by atoms with Crippen LogP contribution in [0.4, 0.5) is 0 Å². The second kappa shape index (κ2) is 5.80. The minimum Gasteiger partial charge on any atom is -0.477 e. The van der Waals surface area contributed by atoms with Crippen molar-refractivity contribution >= 4 is 27.3 Å². The predicted molar refractivity (Wildman–Crippen MR) is 74.4 cm³/mol. The second-order valence-corrected chi connectivity index (χ2v) is 7.72. The van der Waals surface area contributed by atoms with Crippen LogP contribution in [0.25, 0.3) is 0 Å². The highest BCUT2D eigenvalue weighted by Gasteiger charge is 2.33. The van der Waals surface area contributed by atoms with Gasteiger partial charge in [-0.2, -0.15) is 4.31 Å². The van der Waals surface area contributed by atoms with Crippen molar-refractivity contribution in [1.29, 1.82) is 0 Å². The molecule has 1 atom stereocenters. The van der Waals surface area contributed by atoms with Crippen molar-refractivity contribution in [3.8, 4) is 0 Å². The Labute approximate surface area is 121 Å². The number of rotatable bonds is 4. The van der Waals surface area contributed by atoms with E-state index in [0.29, 0.717) is 25.9 Å². The number of carboxylic acid groups (broad SMARTS) is 1. The van der Waals surface area contributed by atoms with Gasteiger partial charge < -0.3 is 10.2 Å². The molecule has 1 aliphatic rings. The Morgan fingerprint density at radius 2 is 2.05 bits per heavy atom. The molecular formula is C12H17NO5S2. The summed E-state index contributed by atoms with van der Waals surface area (Å²) in [5, 5.41) is 20.0. The fourth-order valence-corrected chi connectivity index (χ4v) is 5.10. The molecule has 0 saturated carbocycles. The molecule has 1 aromatic rings. The third-order valence-electron chi connectivity index (χ3n) is 3.62. The van der Waals surface area contributed by atoms with Crippen LogP contribution < -0.4 is 0 Å². The number of piperidine rings is 1. The number of thiophene rings is 1. The monoisotopic (exact) mass is 319 g/mol. The van der Waals surface area contributed by atoms with Gasteiger partial charge in [0.25, 0.3) is 0 Å². The molecule has 0 radical (unpaired) electrons. The molecule has 20 heavy (non-hydrogen) atoms. The maximum atomic E-state index is 12.5. The maximum absolute atomic E-state index is 12.5. The van der Waals surface area contributed by atoms with E-state index in [1.54, 1.807) is 6.92 Å². The SMILES string of the molecule is CC(O)C1CCN(S(=O)(=O)c2ccsc2C(=O)O)CC1. The zero-order valence-electron chi connectivity index (χ0n) is 11.0. The first-order valence-electron chi connectivity index (χ1n) is 6.33. The van der Waals surface area contributed by atoms with Gasteiger partial charge in [-0.05, 0) is 37.1 Å². The Bertz CT molecular complexity index is 585. The highest BCUT2D eigenvalue weighted by atomic mass is 32.2. The molecule has 0 aromatic carbocycles. The van der Waals surface area contributed by atoms with Crippen molar-refractivity contribution in [2.24, 2.45) is 5.92 Å². The number of carboxylic acids is 1. The van der Waals surface area contributed by atoms with Gasteiger partial charge in [0.2, 0.25) is 10.0 Å². The summed E-state index contributed by atoms with van der Waals surface area (Å²) in [6.45, 7) is 2.33. The van der Waals surface area contributed by atoms with Crippen LogP contribution in [0.2, 0.25) is 0 Å². The molecule has 6 nitrogen and oxygen atoms in total. The highest BCUT2D eigenvalue weighted by molar-refractivity contribution is 7.89. The van der Waals surface area contributed by atoms with Crippen LogP contribution in [0.1, 0.15) is 29.4 Å². The molecule has 2 heterocycles. The quantitative estimate of drug-likeness (QED) is 0.870. The molecule has 0 spiro atoms. The lowest BCUT2D eigenvalue weighted by Gasteiger charge is -2.32. The molecule has 0 aliphatic carbocycles. The van der Waals surface area contributed by atoms with Gasteiger partial charge in [-0.3, -0.25) is 0 Å². The van der Waals surface area contributed by atoms with Gasteiger partial charge in [-0.25, -0.2) is 13.2 Å². The molecule has 2 N–H and O–H groups in total. The Balaban J connectivity index is 2.20. The van der Waals surface area contributed by atoms with E-state index >= 15 is 0 Å². The molecule has 2 rings (SSSR count). The van der Waals surface area contributed by atoms with Crippen LogP contribution in [-0.4, -0.2) is 48.1 Å². The number of carbonyl (C=O) groups is 1. The van der Waals surface area contributed by atoms with Gasteiger partial charge in [0, 0.05) is 13.1 Å². The molecule has 1 unspecified atom stereocenters. The molecule has 0 bridgehead atoms. The van der Waals surface area contributed by atoms with E-state index in [4.69, 9.17) is 5.11 Å². The number of aliphatic hydroxyl groups excluding tert-OH is 1. The Morgan fingerprint density at radius 3 is 2.55 bits per heavy atom. The van der Waals surface area contributed by atoms with Gasteiger partial charge in [0.05, 0.1) is 6.10 Å². The van der Waals surface area contributed by atoms with Crippen molar-refractivity contribution in [3.63, 3.8) is 0 Å². The lowest BCUT2D eigenvalue weighted by atomic mass is 9.93. The van der Waals surface area contributed by atoms with Gasteiger partial charge in [0.15, 0.2) is 0 Å². The zero-order valence-corrected chi connectivity index (χ0v) is 12.7. The maximum Gasteiger partial charge on any atom is 0.347 e. The number of aromatic carboxylic acids is 1. The molecule has 1 aliphatic heterocycles. The fourth-order valence-electron chi connectivity index (χ4n) is 2.39. The van der Waals surface area contributed by atoms with Crippen molar-refractivity contribution in [2.75, 3.05) is 13.1 Å². The Morgan fingerprint density at radius 1 is 1.45 bits per heavy atom. The van der Waals surface area contributed by atoms with Crippen LogP contribution in [0.15, 0.2) is 16.3 Å². The van der Waals surface area contributed by atoms with Crippen molar-refractivity contribution < 1.29 is 23.4 Å². The summed E-state index contributed by atoms with van der Waals surface area (Å²) in [6.07, 6.45) is 0.725. The third kappa shape index (κ3) is 2.88. The molecule has 1 fully saturated rings. The molecule has 8 heteroatoms. The van der Waals surface area contributed by atoms with E-state index in [1.807, 2.05) is 0 Å². The van der Waals surface area contributed by atoms with E-state index in [0.717, 1.165) is 11.3 Å². The van der Waals surface area contributed by atoms with E-state index in [2.05, 4.69) is 0 Å². The second-order valence-electron chi connectivity index (χ2n) is 4.90. The van der Waals surface area contributed by atoms with Gasteiger partial charge >= 0.3 is 5.97 Å². The smallest absolute Gasteiger partial charge is 0.347 e. The topological polar surface area (TPSA) is 94.9 Å². The Hall–Kier alpha value is -0.960. The summed E-state index contributed by atoms with van der Waals surface area (Å²) < 4.78 is 26.2. The number of nitrogens with zero attached hydrogens (tertiary/aromatic N) is 1. The molecular weight excluding hydrogens is 302 g/mol. The summed E-state index contributed by atoms with van der Waals surface area (Å²) in [5.41, 5.74) is 0. The van der Waals surface area contributed by atoms with E-state index in [1.165, 1.54) is 15.8 Å². The lowest BCUT2D eigenvalue weighted by Crippen LogP contribution is -2.40. The van der Waals surface area contributed by atoms with E-state index in [9.17, 15) is 18.3 Å². The average molecular weight is 319 g/mol. The first-order chi connectivity index (χ1) is 9.34. The lowest BCUT2D eigenvalue weighted by molar-refractivity contribution is 0.0698. The minimum absolute atomic E-state index is 0.0999. The Kier molecular flexibility index (Phi) is 4.48. The van der Waals surface area contributed by atoms with Gasteiger partial charge in [-0.15, -0.1) is 11.3 Å². The minimum atomic E-state index is -3.76. The van der Waals surface area contributed by atoms with E-state index in [-0.39, 0.29) is 15.7 Å². The van der Waals surface area contributed by atoms with Crippen molar-refractivity contribution in [3.05, 3.63) is 16.3 Å². The predicted octanol–water partition coefficient (Wildman–Crippen LogP) is 1.23. The van der Waals surface area contributed by atoms with Crippen LogP contribution in [0.3, 0.4) is 0 Å². The van der Waals surface area contributed by atoms with Crippen LogP contribution >= 0.6 is 11.3 Å². The van der Waals surface area contributed by atoms with Crippen LogP contribution in [0, 0.1) is 5.92 Å². The third-order valence-corrected chi connectivity index (χ3v) is 6.59. The number of aliphatic hydroxyl groups is 1. The molecule has 0 amide bonds. The van der Waals surface area contributed by atoms with Crippen molar-refractivity contribution in [1.82, 2.24) is 4.31 Å². The largest absolute Gasteiger partial charge is 0.477 e. The highest BCUT2D eigenvalue weighted by Crippen LogP contribution is 2.29. The van der Waals surface area contributed by atoms with Gasteiger partial charge in [0.1, 0.15) is 9.77 Å². The zero-order chi connectivity index (χ0) is 14.9. The number of sulfonamides is 1. The molecule has 112 valence electrons. The summed E-state index contributed by atoms with van der Waals surface area (Å²) in [7, 11) is -3.76. The summed E-state index contributed by atoms with van der Waals surface area (Å²) in [5.74, 6) is -1.12. The number of hydrogen-bond acceptors (Lipinski definition) is 5. The molecule has 1 aromatic heterocycles.